The van der Waals surface area contributed by atoms with Crippen LogP contribution in [0.25, 0.3) is 16.9 Å². The summed E-state index contributed by atoms with van der Waals surface area (Å²) in [6.45, 7) is 4.38. The number of imidazole rings is 1. The standard InChI is InChI=1S/C18H20N4O3/c1-12(2)25-15-6-3-13(4-7-15)18-16(9-10-19)21-11-14(22(23)24)5-8-17(21)20-18/h3-8,11-12H,9-10,19H2,1-2H3. The number of benzene rings is 1. The molecule has 3 rings (SSSR count). The van der Waals surface area contributed by atoms with E-state index in [0.717, 1.165) is 22.7 Å². The van der Waals surface area contributed by atoms with Crippen molar-refractivity contribution >= 4 is 11.3 Å². The first-order valence-corrected chi connectivity index (χ1v) is 8.12. The molecule has 0 amide bonds. The highest BCUT2D eigenvalue weighted by Crippen LogP contribution is 2.28. The fourth-order valence-electron chi connectivity index (χ4n) is 2.76. The Hall–Kier alpha value is -2.93. The van der Waals surface area contributed by atoms with Crippen LogP contribution in [-0.4, -0.2) is 27.0 Å². The van der Waals surface area contributed by atoms with E-state index >= 15 is 0 Å². The summed E-state index contributed by atoms with van der Waals surface area (Å²) < 4.78 is 7.41. The SMILES string of the molecule is CC(C)Oc1ccc(-c2nc3ccc([N+](=O)[O-])cn3c2CCN)cc1. The maximum atomic E-state index is 11.0. The highest BCUT2D eigenvalue weighted by Gasteiger charge is 2.16. The number of hydrogen-bond donors (Lipinski definition) is 1. The summed E-state index contributed by atoms with van der Waals surface area (Å²) in [7, 11) is 0. The zero-order valence-electron chi connectivity index (χ0n) is 14.2. The van der Waals surface area contributed by atoms with E-state index in [1.165, 1.54) is 12.3 Å². The van der Waals surface area contributed by atoms with Gasteiger partial charge in [0.2, 0.25) is 0 Å². The number of pyridine rings is 1. The van der Waals surface area contributed by atoms with Crippen molar-refractivity contribution in [3.63, 3.8) is 0 Å². The smallest absolute Gasteiger partial charge is 0.286 e. The van der Waals surface area contributed by atoms with Gasteiger partial charge in [-0.15, -0.1) is 0 Å². The van der Waals surface area contributed by atoms with E-state index < -0.39 is 4.92 Å². The third-order valence-corrected chi connectivity index (χ3v) is 3.79. The second kappa shape index (κ2) is 6.90. The molecule has 1 aromatic carbocycles. The number of fused-ring (bicyclic) bond motifs is 1. The van der Waals surface area contributed by atoms with Crippen molar-refractivity contribution in [2.24, 2.45) is 5.73 Å². The number of rotatable bonds is 6. The molecule has 7 heteroatoms. The van der Waals surface area contributed by atoms with Gasteiger partial charge in [0.25, 0.3) is 5.69 Å². The van der Waals surface area contributed by atoms with Gasteiger partial charge in [-0.3, -0.25) is 14.5 Å². The Kier molecular flexibility index (Phi) is 4.67. The van der Waals surface area contributed by atoms with E-state index in [9.17, 15) is 10.1 Å². The molecule has 0 fully saturated rings. The van der Waals surface area contributed by atoms with Crippen LogP contribution in [-0.2, 0) is 6.42 Å². The van der Waals surface area contributed by atoms with Crippen LogP contribution < -0.4 is 10.5 Å². The van der Waals surface area contributed by atoms with E-state index in [4.69, 9.17) is 10.5 Å². The second-order valence-corrected chi connectivity index (χ2v) is 6.01. The average molecular weight is 340 g/mol. The molecule has 0 aliphatic rings. The van der Waals surface area contributed by atoms with Crippen molar-refractivity contribution in [1.29, 1.82) is 0 Å². The topological polar surface area (TPSA) is 95.7 Å². The molecule has 0 saturated heterocycles. The number of nitrogens with zero attached hydrogens (tertiary/aromatic N) is 3. The maximum absolute atomic E-state index is 11.0. The van der Waals surface area contributed by atoms with Crippen molar-refractivity contribution in [3.05, 3.63) is 58.4 Å². The van der Waals surface area contributed by atoms with Crippen LogP contribution in [0.4, 0.5) is 5.69 Å². The molecule has 130 valence electrons. The Morgan fingerprint density at radius 2 is 1.96 bits per heavy atom. The van der Waals surface area contributed by atoms with Crippen LogP contribution in [0.2, 0.25) is 0 Å². The summed E-state index contributed by atoms with van der Waals surface area (Å²) >= 11 is 0. The Morgan fingerprint density at radius 1 is 1.24 bits per heavy atom. The molecule has 2 N–H and O–H groups in total. The van der Waals surface area contributed by atoms with E-state index in [0.29, 0.717) is 18.6 Å². The van der Waals surface area contributed by atoms with Gasteiger partial charge in [-0.2, -0.15) is 0 Å². The van der Waals surface area contributed by atoms with Gasteiger partial charge >= 0.3 is 0 Å². The molecule has 7 nitrogen and oxygen atoms in total. The summed E-state index contributed by atoms with van der Waals surface area (Å²) in [4.78, 5) is 15.3. The van der Waals surface area contributed by atoms with E-state index in [2.05, 4.69) is 4.98 Å². The minimum atomic E-state index is -0.413. The van der Waals surface area contributed by atoms with Gasteiger partial charge in [0.05, 0.1) is 28.6 Å². The third kappa shape index (κ3) is 3.46. The Bertz CT molecular complexity index is 901. The van der Waals surface area contributed by atoms with Gasteiger partial charge in [0.15, 0.2) is 0 Å². The summed E-state index contributed by atoms with van der Waals surface area (Å²) in [6.07, 6.45) is 2.17. The van der Waals surface area contributed by atoms with Crippen LogP contribution >= 0.6 is 0 Å². The molecular weight excluding hydrogens is 320 g/mol. The minimum Gasteiger partial charge on any atom is -0.491 e. The van der Waals surface area contributed by atoms with E-state index in [1.807, 2.05) is 38.1 Å². The molecule has 25 heavy (non-hydrogen) atoms. The Labute approximate surface area is 145 Å². The molecule has 0 bridgehead atoms. The Balaban J connectivity index is 2.08. The predicted molar refractivity (Wildman–Crippen MR) is 95.8 cm³/mol. The highest BCUT2D eigenvalue weighted by molar-refractivity contribution is 5.67. The van der Waals surface area contributed by atoms with Gasteiger partial charge in [-0.25, -0.2) is 4.98 Å². The minimum absolute atomic E-state index is 0.0235. The molecule has 2 heterocycles. The monoisotopic (exact) mass is 340 g/mol. The normalized spacial score (nSPS) is 11.2. The molecule has 0 unspecified atom stereocenters. The van der Waals surface area contributed by atoms with E-state index in [-0.39, 0.29) is 11.8 Å². The first-order valence-electron chi connectivity index (χ1n) is 8.12. The molecular formula is C18H20N4O3. The fourth-order valence-corrected chi connectivity index (χ4v) is 2.76. The number of hydrogen-bond acceptors (Lipinski definition) is 5. The molecule has 0 saturated carbocycles. The Morgan fingerprint density at radius 3 is 2.56 bits per heavy atom. The van der Waals surface area contributed by atoms with Crippen molar-refractivity contribution in [2.45, 2.75) is 26.4 Å². The number of nitrogens with two attached hydrogens (primary N) is 1. The fraction of sp³-hybridized carbons (Fsp3) is 0.278. The number of aromatic nitrogens is 2. The summed E-state index contributed by atoms with van der Waals surface area (Å²) in [5, 5.41) is 11.0. The molecule has 0 spiro atoms. The zero-order valence-corrected chi connectivity index (χ0v) is 14.2. The number of ether oxygens (including phenoxy) is 1. The van der Waals surface area contributed by atoms with E-state index in [1.54, 1.807) is 10.5 Å². The predicted octanol–water partition coefficient (Wildman–Crippen LogP) is 3.20. The van der Waals surface area contributed by atoms with Crippen molar-refractivity contribution in [3.8, 4) is 17.0 Å². The van der Waals surface area contributed by atoms with Crippen molar-refractivity contribution in [1.82, 2.24) is 9.38 Å². The number of nitro groups is 1. The summed E-state index contributed by atoms with van der Waals surface area (Å²) in [6, 6.07) is 10.8. The highest BCUT2D eigenvalue weighted by atomic mass is 16.6. The largest absolute Gasteiger partial charge is 0.491 e. The lowest BCUT2D eigenvalue weighted by molar-refractivity contribution is -0.385. The van der Waals surface area contributed by atoms with Gasteiger partial charge in [0, 0.05) is 18.1 Å². The van der Waals surface area contributed by atoms with Crippen LogP contribution in [0.3, 0.4) is 0 Å². The molecule has 0 radical (unpaired) electrons. The van der Waals surface area contributed by atoms with Gasteiger partial charge < -0.3 is 10.5 Å². The summed E-state index contributed by atoms with van der Waals surface area (Å²) in [5.74, 6) is 0.790. The van der Waals surface area contributed by atoms with Crippen molar-refractivity contribution in [2.75, 3.05) is 6.54 Å². The van der Waals surface area contributed by atoms with Crippen LogP contribution in [0.5, 0.6) is 5.75 Å². The quantitative estimate of drug-likeness (QED) is 0.549. The third-order valence-electron chi connectivity index (χ3n) is 3.79. The van der Waals surface area contributed by atoms with Gasteiger partial charge in [-0.05, 0) is 50.7 Å². The van der Waals surface area contributed by atoms with Crippen molar-refractivity contribution < 1.29 is 9.66 Å². The van der Waals surface area contributed by atoms with Gasteiger partial charge in [0.1, 0.15) is 11.4 Å². The van der Waals surface area contributed by atoms with Crippen LogP contribution in [0.15, 0.2) is 42.6 Å². The molecule has 0 atom stereocenters. The second-order valence-electron chi connectivity index (χ2n) is 6.01. The molecule has 0 aliphatic heterocycles. The molecule has 2 aromatic heterocycles. The summed E-state index contributed by atoms with van der Waals surface area (Å²) in [5.41, 5.74) is 8.98. The van der Waals surface area contributed by atoms with Gasteiger partial charge in [-0.1, -0.05) is 0 Å². The van der Waals surface area contributed by atoms with Crippen LogP contribution in [0, 0.1) is 10.1 Å². The first kappa shape index (κ1) is 16.9. The lowest BCUT2D eigenvalue weighted by atomic mass is 10.1. The zero-order chi connectivity index (χ0) is 18.0. The first-order chi connectivity index (χ1) is 12.0. The lowest BCUT2D eigenvalue weighted by Gasteiger charge is -2.10. The molecule has 0 aliphatic carbocycles. The lowest BCUT2D eigenvalue weighted by Crippen LogP contribution is -2.07. The average Bonchev–Trinajstić information content (AvgIpc) is 2.93. The van der Waals surface area contributed by atoms with Crippen LogP contribution in [0.1, 0.15) is 19.5 Å². The molecule has 3 aromatic rings. The maximum Gasteiger partial charge on any atom is 0.286 e.